The zero-order valence-electron chi connectivity index (χ0n) is 17.0. The molecule has 1 amide bonds. The third-order valence-corrected chi connectivity index (χ3v) is 5.42. The standard InChI is InChI=1S/C21H28N2O5S/c1-4-7-14-22-21(24)17-10-8-9-11-18(17)23-29(25,26)16-12-13-19(27-5-2)20(15-16)28-6-3/h8-13,15,23H,4-7,14H2,1-3H3,(H,22,24). The molecule has 0 aliphatic carbocycles. The number of amides is 1. The van der Waals surface area contributed by atoms with Crippen molar-refractivity contribution < 1.29 is 22.7 Å². The summed E-state index contributed by atoms with van der Waals surface area (Å²) in [6.45, 7) is 7.02. The van der Waals surface area contributed by atoms with Gasteiger partial charge in [0, 0.05) is 12.6 Å². The fourth-order valence-corrected chi connectivity index (χ4v) is 3.74. The first-order valence-corrected chi connectivity index (χ1v) is 11.2. The molecule has 29 heavy (non-hydrogen) atoms. The van der Waals surface area contributed by atoms with Gasteiger partial charge in [0.25, 0.3) is 15.9 Å². The third kappa shape index (κ3) is 6.12. The molecule has 0 atom stereocenters. The predicted molar refractivity (Wildman–Crippen MR) is 113 cm³/mol. The van der Waals surface area contributed by atoms with Gasteiger partial charge in [0.1, 0.15) is 0 Å². The van der Waals surface area contributed by atoms with Gasteiger partial charge in [0.15, 0.2) is 11.5 Å². The Balaban J connectivity index is 2.30. The van der Waals surface area contributed by atoms with Gasteiger partial charge in [-0.2, -0.15) is 0 Å². The highest BCUT2D eigenvalue weighted by Crippen LogP contribution is 2.31. The average Bonchev–Trinajstić information content (AvgIpc) is 2.70. The van der Waals surface area contributed by atoms with Crippen LogP contribution in [0.3, 0.4) is 0 Å². The van der Waals surface area contributed by atoms with Gasteiger partial charge in [0.2, 0.25) is 0 Å². The molecule has 0 aromatic heterocycles. The lowest BCUT2D eigenvalue weighted by atomic mass is 10.1. The lowest BCUT2D eigenvalue weighted by Gasteiger charge is -2.15. The number of nitrogens with one attached hydrogen (secondary N) is 2. The molecule has 0 fully saturated rings. The van der Waals surface area contributed by atoms with E-state index >= 15 is 0 Å². The quantitative estimate of drug-likeness (QED) is 0.539. The Morgan fingerprint density at radius 3 is 2.34 bits per heavy atom. The van der Waals surface area contributed by atoms with Crippen LogP contribution in [0.2, 0.25) is 0 Å². The maximum absolute atomic E-state index is 12.9. The Kier molecular flexibility index (Phi) is 8.33. The minimum absolute atomic E-state index is 0.0191. The zero-order chi connectivity index (χ0) is 21.3. The Bertz CT molecular complexity index is 928. The molecule has 0 aliphatic rings. The first-order chi connectivity index (χ1) is 13.9. The highest BCUT2D eigenvalue weighted by Gasteiger charge is 2.20. The Hall–Kier alpha value is -2.74. The van der Waals surface area contributed by atoms with Crippen molar-refractivity contribution in [2.45, 2.75) is 38.5 Å². The summed E-state index contributed by atoms with van der Waals surface area (Å²) >= 11 is 0. The number of para-hydroxylation sites is 1. The van der Waals surface area contributed by atoms with E-state index in [1.165, 1.54) is 12.1 Å². The molecule has 0 spiro atoms. The van der Waals surface area contributed by atoms with Crippen LogP contribution in [-0.4, -0.2) is 34.1 Å². The van der Waals surface area contributed by atoms with E-state index in [1.54, 1.807) is 30.3 Å². The zero-order valence-corrected chi connectivity index (χ0v) is 17.8. The topological polar surface area (TPSA) is 93.7 Å². The van der Waals surface area contributed by atoms with Gasteiger partial charge in [-0.3, -0.25) is 9.52 Å². The second kappa shape index (κ2) is 10.7. The summed E-state index contributed by atoms with van der Waals surface area (Å²) in [6, 6.07) is 10.9. The van der Waals surface area contributed by atoms with Crippen LogP contribution in [0.5, 0.6) is 11.5 Å². The second-order valence-electron chi connectivity index (χ2n) is 6.24. The number of benzene rings is 2. The SMILES string of the molecule is CCCCNC(=O)c1ccccc1NS(=O)(=O)c1ccc(OCC)c(OCC)c1. The highest BCUT2D eigenvalue weighted by molar-refractivity contribution is 7.92. The van der Waals surface area contributed by atoms with Gasteiger partial charge in [0.05, 0.1) is 29.4 Å². The molecule has 7 nitrogen and oxygen atoms in total. The molecule has 0 unspecified atom stereocenters. The molecule has 158 valence electrons. The van der Waals surface area contributed by atoms with Gasteiger partial charge in [-0.05, 0) is 44.5 Å². The number of rotatable bonds is 11. The normalized spacial score (nSPS) is 11.0. The van der Waals surface area contributed by atoms with Crippen LogP contribution < -0.4 is 19.5 Å². The molecule has 0 saturated heterocycles. The first kappa shape index (κ1) is 22.5. The van der Waals surface area contributed by atoms with Crippen LogP contribution in [0, 0.1) is 0 Å². The highest BCUT2D eigenvalue weighted by atomic mass is 32.2. The maximum Gasteiger partial charge on any atom is 0.262 e. The smallest absolute Gasteiger partial charge is 0.262 e. The molecular weight excluding hydrogens is 392 g/mol. The molecule has 2 N–H and O–H groups in total. The van der Waals surface area contributed by atoms with Crippen LogP contribution in [0.15, 0.2) is 47.4 Å². The number of anilines is 1. The van der Waals surface area contributed by atoms with E-state index in [-0.39, 0.29) is 22.1 Å². The summed E-state index contributed by atoms with van der Waals surface area (Å²) in [7, 11) is -3.93. The lowest BCUT2D eigenvalue weighted by molar-refractivity contribution is 0.0954. The van der Waals surface area contributed by atoms with Gasteiger partial charge >= 0.3 is 0 Å². The average molecular weight is 421 g/mol. The van der Waals surface area contributed by atoms with E-state index in [2.05, 4.69) is 10.0 Å². The van der Waals surface area contributed by atoms with E-state index in [0.29, 0.717) is 31.3 Å². The van der Waals surface area contributed by atoms with Gasteiger partial charge < -0.3 is 14.8 Å². The molecule has 2 rings (SSSR count). The summed E-state index contributed by atoms with van der Waals surface area (Å²) in [5.41, 5.74) is 0.483. The number of carbonyl (C=O) groups is 1. The van der Waals surface area contributed by atoms with Crippen molar-refractivity contribution >= 4 is 21.6 Å². The van der Waals surface area contributed by atoms with Gasteiger partial charge in [-0.1, -0.05) is 25.5 Å². The lowest BCUT2D eigenvalue weighted by Crippen LogP contribution is -2.26. The molecule has 0 aliphatic heterocycles. The first-order valence-electron chi connectivity index (χ1n) is 9.72. The van der Waals surface area contributed by atoms with Crippen LogP contribution in [0.25, 0.3) is 0 Å². The van der Waals surface area contributed by atoms with Gasteiger partial charge in [-0.15, -0.1) is 0 Å². The number of hydrogen-bond donors (Lipinski definition) is 2. The largest absolute Gasteiger partial charge is 0.490 e. The van der Waals surface area contributed by atoms with Crippen LogP contribution in [0.1, 0.15) is 44.0 Å². The molecule has 2 aromatic rings. The van der Waals surface area contributed by atoms with Crippen molar-refractivity contribution in [3.63, 3.8) is 0 Å². The number of hydrogen-bond acceptors (Lipinski definition) is 5. The van der Waals surface area contributed by atoms with E-state index in [1.807, 2.05) is 20.8 Å². The summed E-state index contributed by atoms with van der Waals surface area (Å²) in [5, 5.41) is 2.80. The second-order valence-corrected chi connectivity index (χ2v) is 7.92. The van der Waals surface area contributed by atoms with Crippen molar-refractivity contribution in [1.82, 2.24) is 5.32 Å². The summed E-state index contributed by atoms with van der Waals surface area (Å²) < 4.78 is 39.3. The third-order valence-electron chi connectivity index (χ3n) is 4.06. The number of ether oxygens (including phenoxy) is 2. The fraction of sp³-hybridized carbons (Fsp3) is 0.381. The fourth-order valence-electron chi connectivity index (χ4n) is 2.65. The van der Waals surface area contributed by atoms with Crippen LogP contribution >= 0.6 is 0 Å². The van der Waals surface area contributed by atoms with E-state index < -0.39 is 10.0 Å². The Morgan fingerprint density at radius 1 is 0.966 bits per heavy atom. The van der Waals surface area contributed by atoms with Crippen molar-refractivity contribution in [1.29, 1.82) is 0 Å². The maximum atomic E-state index is 12.9. The van der Waals surface area contributed by atoms with E-state index in [4.69, 9.17) is 9.47 Å². The van der Waals surface area contributed by atoms with Crippen molar-refractivity contribution in [3.8, 4) is 11.5 Å². The van der Waals surface area contributed by atoms with Gasteiger partial charge in [-0.25, -0.2) is 8.42 Å². The van der Waals surface area contributed by atoms with E-state index in [0.717, 1.165) is 12.8 Å². The molecular formula is C21H28N2O5S. The number of unbranched alkanes of at least 4 members (excludes halogenated alkanes) is 1. The molecule has 0 radical (unpaired) electrons. The monoisotopic (exact) mass is 420 g/mol. The molecule has 2 aromatic carbocycles. The number of carbonyl (C=O) groups excluding carboxylic acids is 1. The molecule has 0 saturated carbocycles. The van der Waals surface area contributed by atoms with Crippen molar-refractivity contribution in [3.05, 3.63) is 48.0 Å². The minimum Gasteiger partial charge on any atom is -0.490 e. The summed E-state index contributed by atoms with van der Waals surface area (Å²) in [4.78, 5) is 12.5. The van der Waals surface area contributed by atoms with Crippen LogP contribution in [0.4, 0.5) is 5.69 Å². The van der Waals surface area contributed by atoms with E-state index in [9.17, 15) is 13.2 Å². The molecule has 0 bridgehead atoms. The summed E-state index contributed by atoms with van der Waals surface area (Å²) in [5.74, 6) is 0.505. The Labute approximate surface area is 172 Å². The van der Waals surface area contributed by atoms with Crippen molar-refractivity contribution in [2.75, 3.05) is 24.5 Å². The molecule has 0 heterocycles. The Morgan fingerprint density at radius 2 is 1.66 bits per heavy atom. The minimum atomic E-state index is -3.93. The predicted octanol–water partition coefficient (Wildman–Crippen LogP) is 3.81. The van der Waals surface area contributed by atoms with Crippen LogP contribution in [-0.2, 0) is 10.0 Å². The molecule has 8 heteroatoms. The van der Waals surface area contributed by atoms with Crippen molar-refractivity contribution in [2.24, 2.45) is 0 Å². The summed E-state index contributed by atoms with van der Waals surface area (Å²) in [6.07, 6.45) is 1.81. The number of sulfonamides is 1.